The molecule has 0 saturated carbocycles. The second-order valence-electron chi connectivity index (χ2n) is 7.35. The van der Waals surface area contributed by atoms with Crippen LogP contribution in [0.5, 0.6) is 0 Å². The number of para-hydroxylation sites is 1. The Kier molecular flexibility index (Phi) is 4.56. The summed E-state index contributed by atoms with van der Waals surface area (Å²) in [5, 5.41) is 3.45. The first-order valence-electron chi connectivity index (χ1n) is 8.57. The van der Waals surface area contributed by atoms with Crippen molar-refractivity contribution in [3.05, 3.63) is 53.9 Å². The molecule has 2 heterocycles. The standard InChI is InChI=1S/C20H25N3O/c1-20(2,3)16-8-4-5-9-17(16)22-15-10-11-21-18(14-15)19(24)23-12-6-7-13-23/h4-5,8-11,14H,6-7,12-13H2,1-3H3,(H,21,22). The lowest BCUT2D eigenvalue weighted by atomic mass is 9.86. The molecule has 0 unspecified atom stereocenters. The maximum absolute atomic E-state index is 12.5. The zero-order valence-electron chi connectivity index (χ0n) is 14.7. The number of nitrogens with zero attached hydrogens (tertiary/aromatic N) is 2. The van der Waals surface area contributed by atoms with Gasteiger partial charge in [0, 0.05) is 30.7 Å². The van der Waals surface area contributed by atoms with Crippen LogP contribution in [0.25, 0.3) is 0 Å². The van der Waals surface area contributed by atoms with Crippen molar-refractivity contribution in [2.45, 2.75) is 39.0 Å². The van der Waals surface area contributed by atoms with E-state index < -0.39 is 0 Å². The molecule has 1 N–H and O–H groups in total. The van der Waals surface area contributed by atoms with Crippen molar-refractivity contribution in [2.75, 3.05) is 18.4 Å². The minimum atomic E-state index is 0.0280. The second-order valence-corrected chi connectivity index (χ2v) is 7.35. The summed E-state index contributed by atoms with van der Waals surface area (Å²) in [7, 11) is 0. The molecule has 3 rings (SSSR count). The third-order valence-corrected chi connectivity index (χ3v) is 4.39. The molecule has 24 heavy (non-hydrogen) atoms. The molecule has 1 aromatic heterocycles. The summed E-state index contributed by atoms with van der Waals surface area (Å²) in [6, 6.07) is 12.0. The van der Waals surface area contributed by atoms with E-state index in [2.05, 4.69) is 49.3 Å². The molecule has 1 amide bonds. The van der Waals surface area contributed by atoms with Gasteiger partial charge in [-0.15, -0.1) is 0 Å². The highest BCUT2D eigenvalue weighted by molar-refractivity contribution is 5.93. The number of aromatic nitrogens is 1. The molecular weight excluding hydrogens is 298 g/mol. The first-order chi connectivity index (χ1) is 11.4. The third-order valence-electron chi connectivity index (χ3n) is 4.39. The number of rotatable bonds is 3. The molecule has 1 aromatic carbocycles. The Morgan fingerprint density at radius 2 is 1.83 bits per heavy atom. The van der Waals surface area contributed by atoms with Gasteiger partial charge in [-0.2, -0.15) is 0 Å². The summed E-state index contributed by atoms with van der Waals surface area (Å²) in [5.41, 5.74) is 3.76. The van der Waals surface area contributed by atoms with Crippen LogP contribution in [0.1, 0.15) is 49.7 Å². The fourth-order valence-corrected chi connectivity index (χ4v) is 3.11. The minimum Gasteiger partial charge on any atom is -0.355 e. The van der Waals surface area contributed by atoms with Gasteiger partial charge in [0.25, 0.3) is 5.91 Å². The Morgan fingerprint density at radius 1 is 1.12 bits per heavy atom. The molecule has 0 bridgehead atoms. The Hall–Kier alpha value is -2.36. The van der Waals surface area contributed by atoms with Crippen LogP contribution >= 0.6 is 0 Å². The number of hydrogen-bond acceptors (Lipinski definition) is 3. The monoisotopic (exact) mass is 323 g/mol. The van der Waals surface area contributed by atoms with E-state index in [1.807, 2.05) is 23.1 Å². The molecule has 126 valence electrons. The highest BCUT2D eigenvalue weighted by Gasteiger charge is 2.21. The fourth-order valence-electron chi connectivity index (χ4n) is 3.11. The number of carbonyl (C=O) groups excluding carboxylic acids is 1. The topological polar surface area (TPSA) is 45.2 Å². The molecule has 1 saturated heterocycles. The summed E-state index contributed by atoms with van der Waals surface area (Å²) < 4.78 is 0. The number of likely N-dealkylation sites (tertiary alicyclic amines) is 1. The number of nitrogens with one attached hydrogen (secondary N) is 1. The SMILES string of the molecule is CC(C)(C)c1ccccc1Nc1ccnc(C(=O)N2CCCC2)c1. The van der Waals surface area contributed by atoms with Crippen LogP contribution in [0.4, 0.5) is 11.4 Å². The average molecular weight is 323 g/mol. The van der Waals surface area contributed by atoms with Gasteiger partial charge in [-0.25, -0.2) is 0 Å². The minimum absolute atomic E-state index is 0.0280. The highest BCUT2D eigenvalue weighted by atomic mass is 16.2. The van der Waals surface area contributed by atoms with Gasteiger partial charge in [0.2, 0.25) is 0 Å². The van der Waals surface area contributed by atoms with Crippen molar-refractivity contribution in [2.24, 2.45) is 0 Å². The molecule has 2 aromatic rings. The van der Waals surface area contributed by atoms with E-state index in [0.29, 0.717) is 5.69 Å². The maximum Gasteiger partial charge on any atom is 0.272 e. The molecule has 1 aliphatic rings. The maximum atomic E-state index is 12.5. The van der Waals surface area contributed by atoms with Crippen molar-refractivity contribution in [1.29, 1.82) is 0 Å². The quantitative estimate of drug-likeness (QED) is 0.913. The summed E-state index contributed by atoms with van der Waals surface area (Å²) >= 11 is 0. The van der Waals surface area contributed by atoms with E-state index in [1.165, 1.54) is 5.56 Å². The molecule has 1 aliphatic heterocycles. The summed E-state index contributed by atoms with van der Waals surface area (Å²) in [6.45, 7) is 8.27. The van der Waals surface area contributed by atoms with Gasteiger partial charge in [-0.05, 0) is 42.0 Å². The van der Waals surface area contributed by atoms with Crippen LogP contribution in [-0.2, 0) is 5.41 Å². The third kappa shape index (κ3) is 3.58. The van der Waals surface area contributed by atoms with Crippen LogP contribution in [0.2, 0.25) is 0 Å². The summed E-state index contributed by atoms with van der Waals surface area (Å²) in [5.74, 6) is 0.0280. The summed E-state index contributed by atoms with van der Waals surface area (Å²) in [6.07, 6.45) is 3.87. The van der Waals surface area contributed by atoms with Crippen molar-refractivity contribution in [3.63, 3.8) is 0 Å². The molecule has 0 radical (unpaired) electrons. The Bertz CT molecular complexity index is 728. The van der Waals surface area contributed by atoms with E-state index in [1.54, 1.807) is 6.20 Å². The van der Waals surface area contributed by atoms with E-state index in [9.17, 15) is 4.79 Å². The second kappa shape index (κ2) is 6.63. The lowest BCUT2D eigenvalue weighted by molar-refractivity contribution is 0.0787. The molecule has 4 heteroatoms. The molecule has 0 aliphatic carbocycles. The number of amides is 1. The molecular formula is C20H25N3O. The molecule has 0 spiro atoms. The van der Waals surface area contributed by atoms with Crippen LogP contribution in [-0.4, -0.2) is 28.9 Å². The Balaban J connectivity index is 1.84. The zero-order chi connectivity index (χ0) is 17.2. The van der Waals surface area contributed by atoms with Gasteiger partial charge < -0.3 is 10.2 Å². The number of hydrogen-bond donors (Lipinski definition) is 1. The van der Waals surface area contributed by atoms with E-state index in [-0.39, 0.29) is 11.3 Å². The normalized spacial score (nSPS) is 14.7. The van der Waals surface area contributed by atoms with Crippen molar-refractivity contribution in [1.82, 2.24) is 9.88 Å². The Labute approximate surface area is 143 Å². The first-order valence-corrected chi connectivity index (χ1v) is 8.57. The predicted molar refractivity (Wildman–Crippen MR) is 97.8 cm³/mol. The molecule has 4 nitrogen and oxygen atoms in total. The molecule has 0 atom stereocenters. The van der Waals surface area contributed by atoms with Crippen LogP contribution in [0.15, 0.2) is 42.6 Å². The number of carbonyl (C=O) groups is 1. The van der Waals surface area contributed by atoms with Gasteiger partial charge in [-0.1, -0.05) is 39.0 Å². The highest BCUT2D eigenvalue weighted by Crippen LogP contribution is 2.31. The lowest BCUT2D eigenvalue weighted by Crippen LogP contribution is -2.28. The van der Waals surface area contributed by atoms with Crippen molar-refractivity contribution < 1.29 is 4.79 Å². The zero-order valence-corrected chi connectivity index (χ0v) is 14.7. The van der Waals surface area contributed by atoms with Crippen LogP contribution in [0.3, 0.4) is 0 Å². The summed E-state index contributed by atoms with van der Waals surface area (Å²) in [4.78, 5) is 18.7. The van der Waals surface area contributed by atoms with Crippen LogP contribution in [0, 0.1) is 0 Å². The van der Waals surface area contributed by atoms with E-state index in [0.717, 1.165) is 37.3 Å². The Morgan fingerprint density at radius 3 is 2.54 bits per heavy atom. The van der Waals surface area contributed by atoms with Crippen molar-refractivity contribution >= 4 is 17.3 Å². The van der Waals surface area contributed by atoms with Gasteiger partial charge in [0.15, 0.2) is 0 Å². The van der Waals surface area contributed by atoms with Crippen molar-refractivity contribution in [3.8, 4) is 0 Å². The van der Waals surface area contributed by atoms with Gasteiger partial charge >= 0.3 is 0 Å². The van der Waals surface area contributed by atoms with Crippen LogP contribution < -0.4 is 5.32 Å². The number of benzene rings is 1. The largest absolute Gasteiger partial charge is 0.355 e. The molecule has 1 fully saturated rings. The first kappa shape index (κ1) is 16.5. The lowest BCUT2D eigenvalue weighted by Gasteiger charge is -2.23. The number of pyridine rings is 1. The van der Waals surface area contributed by atoms with E-state index >= 15 is 0 Å². The smallest absolute Gasteiger partial charge is 0.272 e. The van der Waals surface area contributed by atoms with Gasteiger partial charge in [-0.3, -0.25) is 9.78 Å². The van der Waals surface area contributed by atoms with E-state index in [4.69, 9.17) is 0 Å². The van der Waals surface area contributed by atoms with Gasteiger partial charge in [0.05, 0.1) is 0 Å². The number of anilines is 2. The average Bonchev–Trinajstić information content (AvgIpc) is 3.08. The fraction of sp³-hybridized carbons (Fsp3) is 0.400. The predicted octanol–water partition coefficient (Wildman–Crippen LogP) is 4.36. The van der Waals surface area contributed by atoms with Gasteiger partial charge in [0.1, 0.15) is 5.69 Å².